The van der Waals surface area contributed by atoms with Crippen LogP contribution in [-0.2, 0) is 4.79 Å². The number of fused-ring (bicyclic) bond motifs is 2. The highest BCUT2D eigenvalue weighted by atomic mass is 32.2. The molecular formula is C16H20F2N2OS. The largest absolute Gasteiger partial charge is 0.353 e. The SMILES string of the molecule is CN1[C@@H]2CC[C@H]1CC(NC(=O)CSc1ccc(F)cc1F)C2. The molecule has 120 valence electrons. The normalized spacial score (nSPS) is 27.9. The molecule has 1 aromatic carbocycles. The highest BCUT2D eigenvalue weighted by Crippen LogP contribution is 2.34. The van der Waals surface area contributed by atoms with Crippen molar-refractivity contribution >= 4 is 17.7 Å². The molecule has 3 rings (SSSR count). The summed E-state index contributed by atoms with van der Waals surface area (Å²) in [6.45, 7) is 0. The monoisotopic (exact) mass is 326 g/mol. The summed E-state index contributed by atoms with van der Waals surface area (Å²) in [6, 6.07) is 4.79. The fourth-order valence-electron chi connectivity index (χ4n) is 3.53. The van der Waals surface area contributed by atoms with E-state index in [0.717, 1.165) is 30.7 Å². The molecule has 2 bridgehead atoms. The van der Waals surface area contributed by atoms with E-state index in [2.05, 4.69) is 17.3 Å². The van der Waals surface area contributed by atoms with Crippen LogP contribution in [0.1, 0.15) is 25.7 Å². The van der Waals surface area contributed by atoms with Crippen molar-refractivity contribution in [1.82, 2.24) is 10.2 Å². The molecule has 0 aromatic heterocycles. The summed E-state index contributed by atoms with van der Waals surface area (Å²) in [5.74, 6) is -1.14. The Balaban J connectivity index is 1.49. The predicted octanol–water partition coefficient (Wildman–Crippen LogP) is 2.80. The lowest BCUT2D eigenvalue weighted by Crippen LogP contribution is -2.49. The number of hydrogen-bond donors (Lipinski definition) is 1. The lowest BCUT2D eigenvalue weighted by molar-refractivity contribution is -0.119. The smallest absolute Gasteiger partial charge is 0.230 e. The van der Waals surface area contributed by atoms with Gasteiger partial charge in [0.05, 0.1) is 5.75 Å². The Hall–Kier alpha value is -1.14. The third kappa shape index (κ3) is 3.43. The third-order valence-corrected chi connectivity index (χ3v) is 5.76. The second-order valence-electron chi connectivity index (χ2n) is 6.15. The molecule has 2 aliphatic heterocycles. The second kappa shape index (κ2) is 6.54. The second-order valence-corrected chi connectivity index (χ2v) is 7.17. The number of rotatable bonds is 4. The molecule has 2 aliphatic rings. The zero-order valence-corrected chi connectivity index (χ0v) is 13.3. The summed E-state index contributed by atoms with van der Waals surface area (Å²) >= 11 is 1.11. The van der Waals surface area contributed by atoms with Gasteiger partial charge in [-0.25, -0.2) is 8.78 Å². The topological polar surface area (TPSA) is 32.3 Å². The van der Waals surface area contributed by atoms with Gasteiger partial charge in [0.1, 0.15) is 11.6 Å². The maximum atomic E-state index is 13.5. The van der Waals surface area contributed by atoms with Gasteiger partial charge in [-0.2, -0.15) is 0 Å². The molecule has 3 atom stereocenters. The average Bonchev–Trinajstić information content (AvgIpc) is 2.69. The molecular weight excluding hydrogens is 306 g/mol. The van der Waals surface area contributed by atoms with Gasteiger partial charge < -0.3 is 10.2 Å². The van der Waals surface area contributed by atoms with Crippen LogP contribution < -0.4 is 5.32 Å². The molecule has 22 heavy (non-hydrogen) atoms. The van der Waals surface area contributed by atoms with Gasteiger partial charge in [-0.15, -0.1) is 11.8 Å². The van der Waals surface area contributed by atoms with Crippen LogP contribution in [0, 0.1) is 11.6 Å². The molecule has 6 heteroatoms. The number of carbonyl (C=O) groups excluding carboxylic acids is 1. The molecule has 1 aromatic rings. The fraction of sp³-hybridized carbons (Fsp3) is 0.562. The maximum Gasteiger partial charge on any atom is 0.230 e. The highest BCUT2D eigenvalue weighted by molar-refractivity contribution is 8.00. The van der Waals surface area contributed by atoms with E-state index in [-0.39, 0.29) is 17.7 Å². The van der Waals surface area contributed by atoms with E-state index in [1.54, 1.807) is 0 Å². The van der Waals surface area contributed by atoms with Gasteiger partial charge in [-0.1, -0.05) is 0 Å². The van der Waals surface area contributed by atoms with E-state index in [1.807, 2.05) is 0 Å². The van der Waals surface area contributed by atoms with Gasteiger partial charge in [0.2, 0.25) is 5.91 Å². The van der Waals surface area contributed by atoms with E-state index >= 15 is 0 Å². The van der Waals surface area contributed by atoms with Crippen LogP contribution >= 0.6 is 11.8 Å². The number of amides is 1. The Labute approximate surface area is 133 Å². The Kier molecular flexibility index (Phi) is 4.68. The zero-order valence-electron chi connectivity index (χ0n) is 12.5. The Morgan fingerprint density at radius 3 is 2.64 bits per heavy atom. The number of carbonyl (C=O) groups is 1. The van der Waals surface area contributed by atoms with Crippen molar-refractivity contribution in [2.24, 2.45) is 0 Å². The fourth-order valence-corrected chi connectivity index (χ4v) is 4.27. The molecule has 0 aliphatic carbocycles. The van der Waals surface area contributed by atoms with E-state index in [0.29, 0.717) is 17.0 Å². The maximum absolute atomic E-state index is 13.5. The van der Waals surface area contributed by atoms with Crippen LogP contribution in [0.2, 0.25) is 0 Å². The van der Waals surface area contributed by atoms with Crippen molar-refractivity contribution in [3.8, 4) is 0 Å². The summed E-state index contributed by atoms with van der Waals surface area (Å²) in [7, 11) is 2.16. The average molecular weight is 326 g/mol. The Bertz CT molecular complexity index is 555. The van der Waals surface area contributed by atoms with Crippen molar-refractivity contribution in [3.05, 3.63) is 29.8 Å². The zero-order chi connectivity index (χ0) is 15.7. The first-order valence-corrected chi connectivity index (χ1v) is 8.60. The minimum Gasteiger partial charge on any atom is -0.353 e. The molecule has 0 spiro atoms. The lowest BCUT2D eigenvalue weighted by atomic mass is 9.98. The van der Waals surface area contributed by atoms with Crippen LogP contribution in [0.5, 0.6) is 0 Å². The van der Waals surface area contributed by atoms with Crippen molar-refractivity contribution in [1.29, 1.82) is 0 Å². The number of thioether (sulfide) groups is 1. The van der Waals surface area contributed by atoms with Crippen molar-refractivity contribution in [2.75, 3.05) is 12.8 Å². The van der Waals surface area contributed by atoms with Crippen molar-refractivity contribution in [2.45, 2.75) is 48.7 Å². The molecule has 1 N–H and O–H groups in total. The summed E-state index contributed by atoms with van der Waals surface area (Å²) < 4.78 is 26.3. The van der Waals surface area contributed by atoms with E-state index in [4.69, 9.17) is 0 Å². The molecule has 0 radical (unpaired) electrons. The van der Waals surface area contributed by atoms with E-state index in [1.165, 1.54) is 25.0 Å². The predicted molar refractivity (Wildman–Crippen MR) is 82.8 cm³/mol. The quantitative estimate of drug-likeness (QED) is 0.864. The van der Waals surface area contributed by atoms with Crippen LogP contribution in [-0.4, -0.2) is 41.7 Å². The molecule has 0 saturated carbocycles. The summed E-state index contributed by atoms with van der Waals surface area (Å²) in [5.41, 5.74) is 0. The molecule has 1 unspecified atom stereocenters. The number of nitrogens with zero attached hydrogens (tertiary/aromatic N) is 1. The minimum atomic E-state index is -0.616. The van der Waals surface area contributed by atoms with Gasteiger partial charge in [-0.05, 0) is 44.9 Å². The van der Waals surface area contributed by atoms with Crippen molar-refractivity contribution < 1.29 is 13.6 Å². The molecule has 2 saturated heterocycles. The number of hydrogen-bond acceptors (Lipinski definition) is 3. The molecule has 1 amide bonds. The Morgan fingerprint density at radius 2 is 2.00 bits per heavy atom. The van der Waals surface area contributed by atoms with Crippen LogP contribution in [0.25, 0.3) is 0 Å². The number of halogens is 2. The van der Waals surface area contributed by atoms with E-state index < -0.39 is 11.6 Å². The molecule has 2 heterocycles. The standard InChI is InChI=1S/C16H20F2N2OS/c1-20-12-3-4-13(20)8-11(7-12)19-16(21)9-22-15-5-2-10(17)6-14(15)18/h2,5-6,11-13H,3-4,7-9H2,1H3,(H,19,21)/t11?,12-,13+. The third-order valence-electron chi connectivity index (χ3n) is 4.72. The number of benzene rings is 1. The van der Waals surface area contributed by atoms with Crippen LogP contribution in [0.3, 0.4) is 0 Å². The summed E-state index contributed by atoms with van der Waals surface area (Å²) in [4.78, 5) is 14.8. The summed E-state index contributed by atoms with van der Waals surface area (Å²) in [5, 5.41) is 3.06. The van der Waals surface area contributed by atoms with Crippen molar-refractivity contribution in [3.63, 3.8) is 0 Å². The first-order valence-electron chi connectivity index (χ1n) is 7.62. The summed E-state index contributed by atoms with van der Waals surface area (Å²) in [6.07, 6.45) is 4.41. The van der Waals surface area contributed by atoms with Gasteiger partial charge in [-0.3, -0.25) is 4.79 Å². The van der Waals surface area contributed by atoms with Gasteiger partial charge in [0.15, 0.2) is 0 Å². The minimum absolute atomic E-state index is 0.0809. The van der Waals surface area contributed by atoms with Crippen LogP contribution in [0.4, 0.5) is 8.78 Å². The van der Waals surface area contributed by atoms with Gasteiger partial charge in [0.25, 0.3) is 0 Å². The van der Waals surface area contributed by atoms with Gasteiger partial charge in [0, 0.05) is 29.1 Å². The first kappa shape index (κ1) is 15.7. The Morgan fingerprint density at radius 1 is 1.32 bits per heavy atom. The highest BCUT2D eigenvalue weighted by Gasteiger charge is 2.38. The molecule has 2 fully saturated rings. The number of piperidine rings is 1. The van der Waals surface area contributed by atoms with Crippen LogP contribution in [0.15, 0.2) is 23.1 Å². The van der Waals surface area contributed by atoms with Gasteiger partial charge >= 0.3 is 0 Å². The lowest BCUT2D eigenvalue weighted by Gasteiger charge is -2.36. The van der Waals surface area contributed by atoms with E-state index in [9.17, 15) is 13.6 Å². The molecule has 3 nitrogen and oxygen atoms in total. The number of nitrogens with one attached hydrogen (secondary N) is 1. The first-order chi connectivity index (χ1) is 10.5.